The summed E-state index contributed by atoms with van der Waals surface area (Å²) in [5.74, 6) is 2.45. The summed E-state index contributed by atoms with van der Waals surface area (Å²) < 4.78 is 29.6. The van der Waals surface area contributed by atoms with E-state index in [9.17, 15) is 8.42 Å². The second-order valence-electron chi connectivity index (χ2n) is 11.0. The molecule has 1 aromatic heterocycles. The molecule has 1 aliphatic rings. The van der Waals surface area contributed by atoms with Gasteiger partial charge >= 0.3 is 0 Å². The third-order valence-corrected chi connectivity index (χ3v) is 9.61. The lowest BCUT2D eigenvalue weighted by Gasteiger charge is -2.29. The van der Waals surface area contributed by atoms with Gasteiger partial charge in [0.25, 0.3) is 0 Å². The van der Waals surface area contributed by atoms with E-state index in [-0.39, 0.29) is 0 Å². The molecule has 212 valence electrons. The topological polar surface area (TPSA) is 90.5 Å². The maximum atomic E-state index is 13.3. The lowest BCUT2D eigenvalue weighted by Crippen LogP contribution is -2.32. The minimum Gasteiger partial charge on any atom is -0.377 e. The number of nitrogens with zero attached hydrogens (tertiary/aromatic N) is 4. The molecular formula is C31H40N6O2S. The Balaban J connectivity index is 1.18. The lowest BCUT2D eigenvalue weighted by molar-refractivity contribution is 0.284. The van der Waals surface area contributed by atoms with Gasteiger partial charge < -0.3 is 15.1 Å². The molecule has 0 atom stereocenters. The molecule has 8 nitrogen and oxygen atoms in total. The molecule has 0 unspecified atom stereocenters. The predicted molar refractivity (Wildman–Crippen MR) is 166 cm³/mol. The van der Waals surface area contributed by atoms with E-state index in [1.807, 2.05) is 67.5 Å². The van der Waals surface area contributed by atoms with Gasteiger partial charge in [-0.3, -0.25) is 0 Å². The van der Waals surface area contributed by atoms with Crippen LogP contribution in [0.15, 0.2) is 65.6 Å². The Morgan fingerprint density at radius 3 is 2.17 bits per heavy atom. The van der Waals surface area contributed by atoms with Crippen molar-refractivity contribution in [2.24, 2.45) is 11.8 Å². The van der Waals surface area contributed by atoms with Crippen LogP contribution in [0.3, 0.4) is 0 Å². The molecule has 40 heavy (non-hydrogen) atoms. The predicted octanol–water partition coefficient (Wildman–Crippen LogP) is 5.50. The normalized spacial score (nSPS) is 17.7. The largest absolute Gasteiger partial charge is 0.377 e. The van der Waals surface area contributed by atoms with Gasteiger partial charge in [0, 0.05) is 62.6 Å². The fourth-order valence-corrected chi connectivity index (χ4v) is 6.99. The molecule has 9 heteroatoms. The second kappa shape index (κ2) is 12.0. The van der Waals surface area contributed by atoms with Gasteiger partial charge in [0.2, 0.25) is 16.0 Å². The maximum Gasteiger partial charge on any atom is 0.241 e. The highest BCUT2D eigenvalue weighted by atomic mass is 32.2. The molecule has 0 spiro atoms. The highest BCUT2D eigenvalue weighted by molar-refractivity contribution is 7.89. The van der Waals surface area contributed by atoms with E-state index in [2.05, 4.69) is 35.0 Å². The Kier molecular flexibility index (Phi) is 8.42. The zero-order chi connectivity index (χ0) is 28.3. The zero-order valence-corrected chi connectivity index (χ0v) is 24.7. The summed E-state index contributed by atoms with van der Waals surface area (Å²) in [4.78, 5) is 14.1. The number of benzene rings is 3. The van der Waals surface area contributed by atoms with Crippen LogP contribution in [0.25, 0.3) is 21.7 Å². The molecule has 0 amide bonds. The van der Waals surface area contributed by atoms with Crippen molar-refractivity contribution in [3.05, 3.63) is 60.7 Å². The second-order valence-corrected chi connectivity index (χ2v) is 12.8. The monoisotopic (exact) mass is 560 g/mol. The Morgan fingerprint density at radius 2 is 1.45 bits per heavy atom. The molecule has 1 saturated carbocycles. The summed E-state index contributed by atoms with van der Waals surface area (Å²) in [7, 11) is 2.37. The molecule has 0 bridgehead atoms. The van der Waals surface area contributed by atoms with Gasteiger partial charge in [-0.1, -0.05) is 36.4 Å². The summed E-state index contributed by atoms with van der Waals surface area (Å²) >= 11 is 0. The van der Waals surface area contributed by atoms with Crippen LogP contribution in [0, 0.1) is 11.8 Å². The van der Waals surface area contributed by atoms with E-state index in [0.29, 0.717) is 29.2 Å². The van der Waals surface area contributed by atoms with Crippen molar-refractivity contribution in [2.75, 3.05) is 55.9 Å². The summed E-state index contributed by atoms with van der Waals surface area (Å²) in [5.41, 5.74) is 1.94. The van der Waals surface area contributed by atoms with Crippen LogP contribution in [-0.4, -0.2) is 59.2 Å². The van der Waals surface area contributed by atoms with Crippen molar-refractivity contribution in [3.8, 4) is 0 Å². The van der Waals surface area contributed by atoms with E-state index in [1.54, 1.807) is 6.07 Å². The SMILES string of the molecule is CCN(C)c1nc(NCC2CCC(CNS(=O)(=O)c3cccc4c(N(C)C)cccc34)CC2)nc2ccccc12. The quantitative estimate of drug-likeness (QED) is 0.265. The smallest absolute Gasteiger partial charge is 0.241 e. The molecule has 0 aliphatic heterocycles. The van der Waals surface area contributed by atoms with Gasteiger partial charge in [-0.05, 0) is 68.7 Å². The first-order valence-corrected chi connectivity index (χ1v) is 15.7. The number of hydrogen-bond acceptors (Lipinski definition) is 7. The summed E-state index contributed by atoms with van der Waals surface area (Å²) in [5, 5.41) is 6.23. The zero-order valence-electron chi connectivity index (χ0n) is 23.9. The van der Waals surface area contributed by atoms with Crippen molar-refractivity contribution in [3.63, 3.8) is 0 Å². The molecular weight excluding hydrogens is 520 g/mol. The van der Waals surface area contributed by atoms with Crippen molar-refractivity contribution in [1.29, 1.82) is 0 Å². The van der Waals surface area contributed by atoms with E-state index in [0.717, 1.165) is 72.0 Å². The number of aromatic nitrogens is 2. The van der Waals surface area contributed by atoms with Gasteiger partial charge in [0.05, 0.1) is 10.4 Å². The first-order chi connectivity index (χ1) is 19.3. The molecule has 1 fully saturated rings. The van der Waals surface area contributed by atoms with E-state index in [4.69, 9.17) is 9.97 Å². The third kappa shape index (κ3) is 6.00. The molecule has 5 rings (SSSR count). The van der Waals surface area contributed by atoms with Crippen molar-refractivity contribution in [2.45, 2.75) is 37.5 Å². The van der Waals surface area contributed by atoms with Gasteiger partial charge in [0.15, 0.2) is 0 Å². The van der Waals surface area contributed by atoms with Crippen molar-refractivity contribution in [1.82, 2.24) is 14.7 Å². The van der Waals surface area contributed by atoms with Crippen LogP contribution < -0.4 is 19.8 Å². The Morgan fingerprint density at radius 1 is 0.800 bits per heavy atom. The molecule has 0 radical (unpaired) electrons. The van der Waals surface area contributed by atoms with Crippen LogP contribution in [0.2, 0.25) is 0 Å². The van der Waals surface area contributed by atoms with Gasteiger partial charge in [-0.25, -0.2) is 18.1 Å². The Labute approximate surface area is 237 Å². The number of sulfonamides is 1. The maximum absolute atomic E-state index is 13.3. The summed E-state index contributed by atoms with van der Waals surface area (Å²) in [6.45, 7) is 4.26. The van der Waals surface area contributed by atoms with Gasteiger partial charge in [0.1, 0.15) is 5.82 Å². The van der Waals surface area contributed by atoms with Crippen molar-refractivity contribution >= 4 is 49.2 Å². The summed E-state index contributed by atoms with van der Waals surface area (Å²) in [6, 6.07) is 19.4. The molecule has 4 aromatic rings. The highest BCUT2D eigenvalue weighted by Gasteiger charge is 2.25. The Hall–Kier alpha value is -3.43. The van der Waals surface area contributed by atoms with E-state index in [1.165, 1.54) is 0 Å². The average Bonchev–Trinajstić information content (AvgIpc) is 2.98. The number of fused-ring (bicyclic) bond motifs is 2. The van der Waals surface area contributed by atoms with Gasteiger partial charge in [-0.2, -0.15) is 4.98 Å². The first-order valence-electron chi connectivity index (χ1n) is 14.2. The summed E-state index contributed by atoms with van der Waals surface area (Å²) in [6.07, 6.45) is 4.10. The van der Waals surface area contributed by atoms with Gasteiger partial charge in [-0.15, -0.1) is 0 Å². The number of nitrogens with one attached hydrogen (secondary N) is 2. The van der Waals surface area contributed by atoms with E-state index < -0.39 is 10.0 Å². The van der Waals surface area contributed by atoms with Crippen LogP contribution in [-0.2, 0) is 10.0 Å². The average molecular weight is 561 g/mol. The molecule has 1 aliphatic carbocycles. The lowest BCUT2D eigenvalue weighted by atomic mass is 9.82. The van der Waals surface area contributed by atoms with Crippen molar-refractivity contribution < 1.29 is 8.42 Å². The Bertz CT molecular complexity index is 1580. The number of rotatable bonds is 10. The molecule has 2 N–H and O–H groups in total. The third-order valence-electron chi connectivity index (χ3n) is 8.13. The standard InChI is InChI=1S/C31H40N6O2S/c1-5-37(4)30-26-10-6-7-13-27(26)34-31(35-30)32-20-22-16-18-23(19-17-22)21-33-40(38,39)29-15-9-11-24-25(29)12-8-14-28(24)36(2)3/h6-15,22-23,33H,5,16-21H2,1-4H3,(H,32,34,35). The number of hydrogen-bond donors (Lipinski definition) is 2. The first kappa shape index (κ1) is 28.1. The van der Waals surface area contributed by atoms with Crippen LogP contribution in [0.4, 0.5) is 17.5 Å². The number of anilines is 3. The fourth-order valence-electron chi connectivity index (χ4n) is 5.65. The van der Waals surface area contributed by atoms with E-state index >= 15 is 0 Å². The number of para-hydroxylation sites is 1. The molecule has 1 heterocycles. The van der Waals surface area contributed by atoms with Crippen LogP contribution in [0.5, 0.6) is 0 Å². The van der Waals surface area contributed by atoms with Crippen LogP contribution >= 0.6 is 0 Å². The van der Waals surface area contributed by atoms with Crippen LogP contribution in [0.1, 0.15) is 32.6 Å². The molecule has 3 aromatic carbocycles. The minimum absolute atomic E-state index is 0.333. The fraction of sp³-hybridized carbons (Fsp3) is 0.419. The highest BCUT2D eigenvalue weighted by Crippen LogP contribution is 2.32. The molecule has 0 saturated heterocycles. The minimum atomic E-state index is -3.62.